The molecule has 2 heterocycles. The molecule has 2 unspecified atom stereocenters. The van der Waals surface area contributed by atoms with Crippen LogP contribution in [0.15, 0.2) is 59.6 Å². The van der Waals surface area contributed by atoms with Crippen molar-refractivity contribution >= 4 is 38.4 Å². The molecule has 4 rings (SSSR count). The van der Waals surface area contributed by atoms with Gasteiger partial charge in [-0.1, -0.05) is 59.8 Å². The number of carbonyl (C=O) groups excluding carboxylic acids is 1. The fraction of sp³-hybridized carbons (Fsp3) is 0.300. The molecule has 0 aliphatic carbocycles. The number of aryl methyl sites for hydroxylation is 1. The predicted octanol–water partition coefficient (Wildman–Crippen LogP) is 2.84. The predicted molar refractivity (Wildman–Crippen MR) is 110 cm³/mol. The Kier molecular flexibility index (Phi) is 4.82. The van der Waals surface area contributed by atoms with Crippen LogP contribution in [0.1, 0.15) is 11.1 Å². The van der Waals surface area contributed by atoms with Gasteiger partial charge >= 0.3 is 0 Å². The van der Waals surface area contributed by atoms with Crippen molar-refractivity contribution in [2.45, 2.75) is 24.6 Å². The van der Waals surface area contributed by atoms with Gasteiger partial charge in [-0.2, -0.15) is 4.99 Å². The highest BCUT2D eigenvalue weighted by Gasteiger charge is 2.49. The first-order valence-corrected chi connectivity index (χ1v) is 11.5. The number of para-hydroxylation sites is 1. The lowest BCUT2D eigenvalue weighted by atomic mass is 10.1. The number of benzene rings is 2. The molecule has 2 atom stereocenters. The summed E-state index contributed by atoms with van der Waals surface area (Å²) >= 11 is 1.40. The maximum atomic E-state index is 12.5. The van der Waals surface area contributed by atoms with E-state index in [1.165, 1.54) is 11.8 Å². The van der Waals surface area contributed by atoms with Crippen molar-refractivity contribution in [2.75, 3.05) is 16.4 Å². The lowest BCUT2D eigenvalue weighted by molar-refractivity contribution is -0.117. The first kappa shape index (κ1) is 18.3. The van der Waals surface area contributed by atoms with Gasteiger partial charge in [0.25, 0.3) is 5.91 Å². The first-order valence-electron chi connectivity index (χ1n) is 8.80. The van der Waals surface area contributed by atoms with Crippen LogP contribution < -0.4 is 4.90 Å². The largest absolute Gasteiger partial charge is 0.316 e. The molecule has 2 saturated heterocycles. The Labute approximate surface area is 163 Å². The van der Waals surface area contributed by atoms with Gasteiger partial charge in [-0.15, -0.1) is 0 Å². The summed E-state index contributed by atoms with van der Waals surface area (Å²) in [6, 6.07) is 17.2. The van der Waals surface area contributed by atoms with Crippen molar-refractivity contribution < 1.29 is 13.2 Å². The number of amides is 1. The third kappa shape index (κ3) is 3.94. The number of hydrogen-bond donors (Lipinski definition) is 0. The van der Waals surface area contributed by atoms with Gasteiger partial charge in [0.05, 0.1) is 24.0 Å². The third-order valence-electron chi connectivity index (χ3n) is 4.80. The van der Waals surface area contributed by atoms with Gasteiger partial charge in [-0.25, -0.2) is 8.42 Å². The minimum Gasteiger partial charge on any atom is -0.316 e. The monoisotopic (exact) mass is 400 g/mol. The number of thioether (sulfide) groups is 1. The molecule has 0 radical (unpaired) electrons. The summed E-state index contributed by atoms with van der Waals surface area (Å²) in [5, 5.41) is 0.518. The normalized spacial score (nSPS) is 24.9. The molecule has 2 fully saturated rings. The summed E-state index contributed by atoms with van der Waals surface area (Å²) in [5.74, 6) is 0.0202. The van der Waals surface area contributed by atoms with Crippen LogP contribution in [0.2, 0.25) is 0 Å². The Bertz CT molecular complexity index is 986. The maximum absolute atomic E-state index is 12.5. The quantitative estimate of drug-likeness (QED) is 0.793. The number of sulfone groups is 1. The van der Waals surface area contributed by atoms with E-state index in [2.05, 4.69) is 4.99 Å². The molecule has 0 aromatic heterocycles. The van der Waals surface area contributed by atoms with Gasteiger partial charge in [0, 0.05) is 10.9 Å². The SMILES string of the molecule is Cc1ccc(CC(=O)N=C2SC3CS(=O)(=O)CC3N2c2ccccc2)cc1. The molecule has 2 aliphatic heterocycles. The third-order valence-corrected chi connectivity index (χ3v) is 8.01. The fourth-order valence-electron chi connectivity index (χ4n) is 3.48. The highest BCUT2D eigenvalue weighted by molar-refractivity contribution is 8.16. The molecule has 140 valence electrons. The van der Waals surface area contributed by atoms with Gasteiger partial charge in [-0.3, -0.25) is 4.79 Å². The molecule has 2 aromatic carbocycles. The van der Waals surface area contributed by atoms with Crippen LogP contribution in [0, 0.1) is 6.92 Å². The lowest BCUT2D eigenvalue weighted by Gasteiger charge is -2.24. The van der Waals surface area contributed by atoms with Crippen LogP contribution in [0.25, 0.3) is 0 Å². The molecular formula is C20H20N2O3S2. The van der Waals surface area contributed by atoms with Crippen molar-refractivity contribution in [3.63, 3.8) is 0 Å². The number of amidine groups is 1. The van der Waals surface area contributed by atoms with Crippen LogP contribution in [-0.2, 0) is 21.1 Å². The van der Waals surface area contributed by atoms with Crippen LogP contribution >= 0.6 is 11.8 Å². The minimum absolute atomic E-state index is 0.0823. The zero-order chi connectivity index (χ0) is 19.0. The van der Waals surface area contributed by atoms with E-state index in [9.17, 15) is 13.2 Å². The summed E-state index contributed by atoms with van der Waals surface area (Å²) < 4.78 is 24.1. The molecule has 2 aromatic rings. The summed E-state index contributed by atoms with van der Waals surface area (Å²) in [6.07, 6.45) is 0.237. The molecule has 5 nitrogen and oxygen atoms in total. The molecule has 0 spiro atoms. The summed E-state index contributed by atoms with van der Waals surface area (Å²) in [5.41, 5.74) is 2.94. The smallest absolute Gasteiger partial charge is 0.252 e. The van der Waals surface area contributed by atoms with Crippen molar-refractivity contribution in [1.82, 2.24) is 0 Å². The average molecular weight is 401 g/mol. The highest BCUT2D eigenvalue weighted by atomic mass is 32.2. The highest BCUT2D eigenvalue weighted by Crippen LogP contribution is 2.40. The number of carbonyl (C=O) groups is 1. The van der Waals surface area contributed by atoms with E-state index in [0.717, 1.165) is 16.8 Å². The number of aliphatic imine (C=N–C) groups is 1. The average Bonchev–Trinajstić information content (AvgIpc) is 3.08. The number of fused-ring (bicyclic) bond motifs is 1. The van der Waals surface area contributed by atoms with Crippen molar-refractivity contribution in [2.24, 2.45) is 4.99 Å². The van der Waals surface area contributed by atoms with E-state index in [0.29, 0.717) is 5.17 Å². The summed E-state index contributed by atoms with van der Waals surface area (Å²) in [7, 11) is -3.05. The van der Waals surface area contributed by atoms with Gasteiger partial charge < -0.3 is 4.90 Å². The number of nitrogens with zero attached hydrogens (tertiary/aromatic N) is 2. The van der Waals surface area contributed by atoms with E-state index in [4.69, 9.17) is 0 Å². The Morgan fingerprint density at radius 2 is 1.81 bits per heavy atom. The second kappa shape index (κ2) is 7.13. The fourth-order valence-corrected chi connectivity index (χ4v) is 7.41. The minimum atomic E-state index is -3.05. The van der Waals surface area contributed by atoms with Crippen LogP contribution in [-0.4, -0.2) is 42.3 Å². The first-order chi connectivity index (χ1) is 12.9. The zero-order valence-corrected chi connectivity index (χ0v) is 16.5. The second-order valence-corrected chi connectivity index (χ2v) is 10.3. The van der Waals surface area contributed by atoms with Crippen molar-refractivity contribution in [3.8, 4) is 0 Å². The molecule has 2 aliphatic rings. The number of hydrogen-bond acceptors (Lipinski definition) is 4. The Morgan fingerprint density at radius 3 is 2.52 bits per heavy atom. The zero-order valence-electron chi connectivity index (χ0n) is 14.9. The van der Waals surface area contributed by atoms with Gasteiger partial charge in [0.2, 0.25) is 0 Å². The van der Waals surface area contributed by atoms with E-state index >= 15 is 0 Å². The van der Waals surface area contributed by atoms with Gasteiger partial charge in [0.15, 0.2) is 15.0 Å². The van der Waals surface area contributed by atoms with Crippen LogP contribution in [0.5, 0.6) is 0 Å². The van der Waals surface area contributed by atoms with Crippen molar-refractivity contribution in [1.29, 1.82) is 0 Å². The Balaban J connectivity index is 1.61. The van der Waals surface area contributed by atoms with Gasteiger partial charge in [-0.05, 0) is 24.6 Å². The number of anilines is 1. The summed E-state index contributed by atoms with van der Waals surface area (Å²) in [4.78, 5) is 18.8. The van der Waals surface area contributed by atoms with Crippen LogP contribution in [0.3, 0.4) is 0 Å². The van der Waals surface area contributed by atoms with E-state index in [1.54, 1.807) is 0 Å². The molecule has 0 saturated carbocycles. The molecule has 7 heteroatoms. The van der Waals surface area contributed by atoms with Gasteiger partial charge in [0.1, 0.15) is 0 Å². The second-order valence-electron chi connectivity index (χ2n) is 6.96. The Hall–Kier alpha value is -2.12. The van der Waals surface area contributed by atoms with E-state index in [1.807, 2.05) is 66.4 Å². The lowest BCUT2D eigenvalue weighted by Crippen LogP contribution is -2.37. The maximum Gasteiger partial charge on any atom is 0.252 e. The van der Waals surface area contributed by atoms with Crippen LogP contribution in [0.4, 0.5) is 5.69 Å². The summed E-state index contributed by atoms with van der Waals surface area (Å²) in [6.45, 7) is 2.01. The van der Waals surface area contributed by atoms with E-state index in [-0.39, 0.29) is 35.1 Å². The molecular weight excluding hydrogens is 380 g/mol. The molecule has 27 heavy (non-hydrogen) atoms. The molecule has 1 amide bonds. The standard InChI is InChI=1S/C20H20N2O3S2/c1-14-7-9-15(10-8-14)11-19(23)21-20-22(16-5-3-2-4-6-16)17-12-27(24,25)13-18(17)26-20/h2-10,17-18H,11-13H2,1H3. The number of rotatable bonds is 3. The topological polar surface area (TPSA) is 66.8 Å². The Morgan fingerprint density at radius 1 is 1.11 bits per heavy atom. The van der Waals surface area contributed by atoms with Crippen molar-refractivity contribution in [3.05, 3.63) is 65.7 Å². The van der Waals surface area contributed by atoms with E-state index < -0.39 is 9.84 Å². The molecule has 0 N–H and O–H groups in total. The molecule has 0 bridgehead atoms.